The van der Waals surface area contributed by atoms with Crippen LogP contribution in [0.15, 0.2) is 168 Å². The third kappa shape index (κ3) is 4.14. The molecule has 238 valence electrons. The Morgan fingerprint density at radius 1 is 0.451 bits per heavy atom. The van der Waals surface area contributed by atoms with E-state index in [9.17, 15) is 5.48 Å². The molecule has 0 bridgehead atoms. The molecule has 0 aliphatic rings. The van der Waals surface area contributed by atoms with E-state index in [1.165, 1.54) is 0 Å². The van der Waals surface area contributed by atoms with E-state index < -0.39 is 109 Å². The van der Waals surface area contributed by atoms with E-state index in [0.717, 1.165) is 25.5 Å². The van der Waals surface area contributed by atoms with Crippen molar-refractivity contribution in [2.24, 2.45) is 0 Å². The molecule has 11 aromatic rings. The van der Waals surface area contributed by atoms with Gasteiger partial charge in [-0.05, 0) is 53.5 Å². The Morgan fingerprint density at radius 3 is 1.49 bits per heavy atom. The molecule has 0 spiro atoms. The van der Waals surface area contributed by atoms with Crippen molar-refractivity contribution in [2.75, 3.05) is 0 Å². The molecule has 0 aliphatic heterocycles. The van der Waals surface area contributed by atoms with Crippen molar-refractivity contribution in [2.45, 2.75) is 0 Å². The monoisotopic (exact) mass is 669 g/mol. The highest BCUT2D eigenvalue weighted by atomic mass is 16.3. The lowest BCUT2D eigenvalue weighted by Crippen LogP contribution is -2.10. The Morgan fingerprint density at radius 2 is 0.941 bits per heavy atom. The van der Waals surface area contributed by atoms with Gasteiger partial charge in [0.25, 0.3) is 0 Å². The molecule has 0 unspecified atom stereocenters. The smallest absolute Gasteiger partial charge is 0.240 e. The van der Waals surface area contributed by atoms with Gasteiger partial charge in [0.15, 0.2) is 5.82 Å². The Hall–Kier alpha value is -7.05. The number of nitrogens with zero attached hydrogens (tertiary/aromatic N) is 5. The van der Waals surface area contributed by atoms with E-state index in [2.05, 4.69) is 0 Å². The second-order valence-corrected chi connectivity index (χ2v) is 11.7. The summed E-state index contributed by atoms with van der Waals surface area (Å²) in [7, 11) is 0. The molecule has 0 fully saturated rings. The minimum absolute atomic E-state index is 0.187. The zero-order valence-electron chi connectivity index (χ0n) is 42.0. The number of furan rings is 1. The van der Waals surface area contributed by atoms with Crippen LogP contribution in [0.5, 0.6) is 0 Å². The third-order valence-electron chi connectivity index (χ3n) is 8.90. The molecule has 0 aliphatic carbocycles. The molecule has 0 saturated carbocycles. The summed E-state index contributed by atoms with van der Waals surface area (Å²) in [6, 6.07) is 9.58. The number of fused-ring (bicyclic) bond motifs is 9. The summed E-state index contributed by atoms with van der Waals surface area (Å²) in [5.74, 6) is -1.16. The van der Waals surface area contributed by atoms with Crippen molar-refractivity contribution in [3.05, 3.63) is 163 Å². The molecule has 11 rings (SSSR count). The predicted molar refractivity (Wildman–Crippen MR) is 207 cm³/mol. The van der Waals surface area contributed by atoms with Crippen LogP contribution in [0.3, 0.4) is 0 Å². The van der Waals surface area contributed by atoms with Gasteiger partial charge in [-0.3, -0.25) is 9.13 Å². The number of hydrogen-bond donors (Lipinski definition) is 0. The maximum Gasteiger partial charge on any atom is 0.240 e. The Balaban J connectivity index is 1.38. The number of hydrogen-bond acceptors (Lipinski definition) is 4. The van der Waals surface area contributed by atoms with E-state index in [1.807, 2.05) is 48.5 Å². The second-order valence-electron chi connectivity index (χ2n) is 11.7. The van der Waals surface area contributed by atoms with Crippen molar-refractivity contribution in [1.82, 2.24) is 24.1 Å². The van der Waals surface area contributed by atoms with Gasteiger partial charge in [0.1, 0.15) is 11.2 Å². The summed E-state index contributed by atoms with van der Waals surface area (Å²) >= 11 is 0. The Bertz CT molecular complexity index is 3740. The largest absolute Gasteiger partial charge is 0.456 e. The van der Waals surface area contributed by atoms with Crippen LogP contribution in [-0.4, -0.2) is 24.1 Å². The van der Waals surface area contributed by atoms with Crippen LogP contribution in [0.25, 0.3) is 100.0 Å². The molecule has 0 atom stereocenters. The minimum atomic E-state index is -0.705. The highest BCUT2D eigenvalue weighted by molar-refractivity contribution is 6.14. The van der Waals surface area contributed by atoms with Crippen LogP contribution in [0, 0.1) is 0 Å². The van der Waals surface area contributed by atoms with Crippen molar-refractivity contribution in [1.29, 1.82) is 0 Å². The molecule has 0 radical (unpaired) electrons. The lowest BCUT2D eigenvalue weighted by molar-refractivity contribution is 0.669. The fourth-order valence-corrected chi connectivity index (χ4v) is 6.75. The van der Waals surface area contributed by atoms with Gasteiger partial charge >= 0.3 is 0 Å². The van der Waals surface area contributed by atoms with Crippen LogP contribution in [0.4, 0.5) is 0 Å². The summed E-state index contributed by atoms with van der Waals surface area (Å²) in [4.78, 5) is 14.5. The molecule has 7 aromatic carbocycles. The van der Waals surface area contributed by atoms with Crippen molar-refractivity contribution < 1.29 is 26.3 Å². The minimum Gasteiger partial charge on any atom is -0.456 e. The molecule has 4 aromatic heterocycles. The average Bonchev–Trinajstić information content (AvgIpc) is 4.02. The maximum absolute atomic E-state index is 9.20. The number of aromatic nitrogens is 5. The third-order valence-corrected chi connectivity index (χ3v) is 8.90. The van der Waals surface area contributed by atoms with Gasteiger partial charge in [0.05, 0.1) is 44.0 Å². The molecular weight excluding hydrogens is 627 g/mol. The topological polar surface area (TPSA) is 61.7 Å². The highest BCUT2D eigenvalue weighted by Crippen LogP contribution is 2.40. The van der Waals surface area contributed by atoms with Crippen molar-refractivity contribution in [3.63, 3.8) is 0 Å². The first kappa shape index (κ1) is 16.6. The standard InChI is InChI=1S/C45H27N5O/c1-2-14-28(15-3-1)35-26-29(27-41-42(35)34-20-8-13-25-40(34)51-41)43-46-44(49-36-21-9-4-16-30(36)31-17-5-10-22-37(31)49)48-45(47-43)50-38-23-11-6-18-32(38)33-19-7-12-24-39(33)50/h1-27H/i4D,5D,6D,7D,9D,10D,11D,12D,16D,17D,18D,19D,21D,22D,23D,24D. The lowest BCUT2D eigenvalue weighted by Gasteiger charge is -2.13. The fraction of sp³-hybridized carbons (Fsp3) is 0. The molecule has 51 heavy (non-hydrogen) atoms. The quantitative estimate of drug-likeness (QED) is 0.187. The molecule has 4 heterocycles. The van der Waals surface area contributed by atoms with Crippen molar-refractivity contribution >= 4 is 65.6 Å². The first-order valence-corrected chi connectivity index (χ1v) is 15.7. The van der Waals surface area contributed by atoms with Crippen LogP contribution in [0.1, 0.15) is 21.9 Å². The lowest BCUT2D eigenvalue weighted by atomic mass is 9.97. The van der Waals surface area contributed by atoms with Crippen LogP contribution in [-0.2, 0) is 0 Å². The van der Waals surface area contributed by atoms with Gasteiger partial charge in [0, 0.05) is 37.9 Å². The molecule has 6 heteroatoms. The first-order chi connectivity index (χ1) is 31.9. The number of para-hydroxylation sites is 5. The Labute approximate surface area is 314 Å². The average molecular weight is 670 g/mol. The van der Waals surface area contributed by atoms with Gasteiger partial charge in [-0.1, -0.05) is 121 Å². The Kier molecular flexibility index (Phi) is 3.48. The molecule has 0 amide bonds. The number of benzene rings is 7. The van der Waals surface area contributed by atoms with Crippen molar-refractivity contribution in [3.8, 4) is 34.4 Å². The van der Waals surface area contributed by atoms with Crippen LogP contribution < -0.4 is 0 Å². The van der Waals surface area contributed by atoms with E-state index in [1.54, 1.807) is 18.2 Å². The summed E-state index contributed by atoms with van der Waals surface area (Å²) < 4.78 is 150. The highest BCUT2D eigenvalue weighted by Gasteiger charge is 2.22. The predicted octanol–water partition coefficient (Wildman–Crippen LogP) is 11.3. The summed E-state index contributed by atoms with van der Waals surface area (Å²) in [6.07, 6.45) is 0. The van der Waals surface area contributed by atoms with Gasteiger partial charge in [-0.15, -0.1) is 0 Å². The van der Waals surface area contributed by atoms with Crippen LogP contribution in [0.2, 0.25) is 0 Å². The van der Waals surface area contributed by atoms with Crippen LogP contribution >= 0.6 is 0 Å². The SMILES string of the molecule is [2H]c1c([2H])c([2H])c2c(c1[2H])c1c([2H])c([2H])c([2H])c([2H])c1n2-c1nc(-c2cc(-c3ccccc3)c3c(c2)oc2ccccc23)nc(-n2c3c([2H])c([2H])c([2H])c([2H])c3c3c([2H])c([2H])c([2H])c([2H])c32)n1. The van der Waals surface area contributed by atoms with E-state index in [-0.39, 0.29) is 55.0 Å². The van der Waals surface area contributed by atoms with E-state index in [0.29, 0.717) is 16.7 Å². The van der Waals surface area contributed by atoms with E-state index in [4.69, 9.17) is 35.8 Å². The summed E-state index contributed by atoms with van der Waals surface area (Å²) in [6.45, 7) is 0. The molecule has 0 saturated heterocycles. The first-order valence-electron chi connectivity index (χ1n) is 23.7. The van der Waals surface area contributed by atoms with Gasteiger partial charge < -0.3 is 4.42 Å². The molecule has 0 N–H and O–H groups in total. The summed E-state index contributed by atoms with van der Waals surface area (Å²) in [5.41, 5.74) is 1.30. The molecule has 6 nitrogen and oxygen atoms in total. The number of rotatable bonds is 4. The van der Waals surface area contributed by atoms with Gasteiger partial charge in [-0.25, -0.2) is 0 Å². The maximum atomic E-state index is 9.20. The zero-order chi connectivity index (χ0) is 47.4. The van der Waals surface area contributed by atoms with Gasteiger partial charge in [0.2, 0.25) is 11.9 Å². The normalized spacial score (nSPS) is 16.3. The molecular formula is C45H27N5O. The fourth-order valence-electron chi connectivity index (χ4n) is 6.75. The zero-order valence-corrected chi connectivity index (χ0v) is 26.0. The van der Waals surface area contributed by atoms with E-state index >= 15 is 0 Å². The van der Waals surface area contributed by atoms with Gasteiger partial charge in [-0.2, -0.15) is 15.0 Å². The summed E-state index contributed by atoms with van der Waals surface area (Å²) in [5, 5.41) is 0.447. The second kappa shape index (κ2) is 10.7.